The fraction of sp³-hybridized carbons (Fsp3) is 0.588. The molecule has 0 radical (unpaired) electrons. The van der Waals surface area contributed by atoms with E-state index in [0.29, 0.717) is 0 Å². The van der Waals surface area contributed by atoms with Crippen LogP contribution in [0, 0.1) is 5.92 Å². The SMILES string of the molecule is NC(C(=O)NC1CCN(c2ccccc2)C1)C1CCOCC1. The van der Waals surface area contributed by atoms with Crippen molar-refractivity contribution in [3.05, 3.63) is 30.3 Å². The van der Waals surface area contributed by atoms with Crippen LogP contribution in [0.25, 0.3) is 0 Å². The number of benzene rings is 1. The van der Waals surface area contributed by atoms with Crippen molar-refractivity contribution in [1.82, 2.24) is 5.32 Å². The molecule has 3 N–H and O–H groups in total. The normalized spacial score (nSPS) is 24.2. The minimum atomic E-state index is -0.408. The quantitative estimate of drug-likeness (QED) is 0.875. The van der Waals surface area contributed by atoms with Crippen LogP contribution in [0.5, 0.6) is 0 Å². The fourth-order valence-corrected chi connectivity index (χ4v) is 3.34. The molecule has 120 valence electrons. The number of hydrogen-bond acceptors (Lipinski definition) is 4. The van der Waals surface area contributed by atoms with Gasteiger partial charge in [0.15, 0.2) is 0 Å². The van der Waals surface area contributed by atoms with Crippen molar-refractivity contribution in [2.75, 3.05) is 31.2 Å². The van der Waals surface area contributed by atoms with Gasteiger partial charge in [0.05, 0.1) is 6.04 Å². The Labute approximate surface area is 131 Å². The van der Waals surface area contributed by atoms with Gasteiger partial charge in [-0.25, -0.2) is 0 Å². The maximum absolute atomic E-state index is 12.3. The van der Waals surface area contributed by atoms with Crippen LogP contribution < -0.4 is 16.0 Å². The highest BCUT2D eigenvalue weighted by atomic mass is 16.5. The summed E-state index contributed by atoms with van der Waals surface area (Å²) in [6.07, 6.45) is 2.74. The van der Waals surface area contributed by atoms with Crippen LogP contribution in [0.3, 0.4) is 0 Å². The molecule has 5 heteroatoms. The number of nitrogens with two attached hydrogens (primary N) is 1. The molecule has 1 amide bonds. The van der Waals surface area contributed by atoms with Crippen molar-refractivity contribution in [1.29, 1.82) is 0 Å². The number of amides is 1. The summed E-state index contributed by atoms with van der Waals surface area (Å²) in [7, 11) is 0. The van der Waals surface area contributed by atoms with Gasteiger partial charge >= 0.3 is 0 Å². The predicted octanol–water partition coefficient (Wildman–Crippen LogP) is 1.14. The molecule has 0 bridgehead atoms. The molecule has 22 heavy (non-hydrogen) atoms. The number of ether oxygens (including phenoxy) is 1. The van der Waals surface area contributed by atoms with Gasteiger partial charge in [0, 0.05) is 38.0 Å². The molecule has 2 aliphatic rings. The Hall–Kier alpha value is -1.59. The fourth-order valence-electron chi connectivity index (χ4n) is 3.34. The summed E-state index contributed by atoms with van der Waals surface area (Å²) in [4.78, 5) is 14.7. The molecule has 0 spiro atoms. The molecule has 0 saturated carbocycles. The topological polar surface area (TPSA) is 67.6 Å². The van der Waals surface area contributed by atoms with E-state index in [1.807, 2.05) is 18.2 Å². The Morgan fingerprint density at radius 1 is 1.23 bits per heavy atom. The third-order valence-corrected chi connectivity index (χ3v) is 4.73. The summed E-state index contributed by atoms with van der Waals surface area (Å²) in [5.41, 5.74) is 7.35. The summed E-state index contributed by atoms with van der Waals surface area (Å²) >= 11 is 0. The Balaban J connectivity index is 1.50. The molecule has 2 heterocycles. The van der Waals surface area contributed by atoms with Crippen LogP contribution in [-0.4, -0.2) is 44.3 Å². The summed E-state index contributed by atoms with van der Waals surface area (Å²) in [5, 5.41) is 3.13. The molecule has 5 nitrogen and oxygen atoms in total. The predicted molar refractivity (Wildman–Crippen MR) is 86.7 cm³/mol. The maximum Gasteiger partial charge on any atom is 0.237 e. The van der Waals surface area contributed by atoms with Crippen molar-refractivity contribution in [3.8, 4) is 0 Å². The highest BCUT2D eigenvalue weighted by Crippen LogP contribution is 2.21. The first-order chi connectivity index (χ1) is 10.7. The van der Waals surface area contributed by atoms with Crippen molar-refractivity contribution >= 4 is 11.6 Å². The van der Waals surface area contributed by atoms with Crippen LogP contribution in [0.1, 0.15) is 19.3 Å². The summed E-state index contributed by atoms with van der Waals surface area (Å²) in [6, 6.07) is 10.1. The second-order valence-electron chi connectivity index (χ2n) is 6.25. The molecule has 1 aromatic carbocycles. The van der Waals surface area contributed by atoms with E-state index in [2.05, 4.69) is 22.3 Å². The number of nitrogens with one attached hydrogen (secondary N) is 1. The molecule has 2 aliphatic heterocycles. The molecule has 3 rings (SSSR count). The van der Waals surface area contributed by atoms with E-state index >= 15 is 0 Å². The van der Waals surface area contributed by atoms with Crippen LogP contribution in [0.4, 0.5) is 5.69 Å². The lowest BCUT2D eigenvalue weighted by Crippen LogP contribution is -2.50. The van der Waals surface area contributed by atoms with E-state index in [4.69, 9.17) is 10.5 Å². The van der Waals surface area contributed by atoms with Gasteiger partial charge in [-0.1, -0.05) is 18.2 Å². The molecular weight excluding hydrogens is 278 g/mol. The lowest BCUT2D eigenvalue weighted by molar-refractivity contribution is -0.124. The molecule has 1 aromatic rings. The zero-order valence-electron chi connectivity index (χ0n) is 12.9. The van der Waals surface area contributed by atoms with Crippen molar-refractivity contribution in [2.24, 2.45) is 11.7 Å². The average molecular weight is 303 g/mol. The van der Waals surface area contributed by atoms with E-state index < -0.39 is 6.04 Å². The summed E-state index contributed by atoms with van der Waals surface area (Å²) in [5.74, 6) is 0.243. The molecule has 0 aromatic heterocycles. The third-order valence-electron chi connectivity index (χ3n) is 4.73. The van der Waals surface area contributed by atoms with Crippen LogP contribution in [-0.2, 0) is 9.53 Å². The monoisotopic (exact) mass is 303 g/mol. The van der Waals surface area contributed by atoms with Gasteiger partial charge in [-0.05, 0) is 37.3 Å². The van der Waals surface area contributed by atoms with E-state index in [0.717, 1.165) is 45.6 Å². The second-order valence-corrected chi connectivity index (χ2v) is 6.25. The lowest BCUT2D eigenvalue weighted by Gasteiger charge is -2.27. The smallest absolute Gasteiger partial charge is 0.237 e. The summed E-state index contributed by atoms with van der Waals surface area (Å²) < 4.78 is 5.33. The van der Waals surface area contributed by atoms with Gasteiger partial charge < -0.3 is 20.7 Å². The molecule has 2 fully saturated rings. The second kappa shape index (κ2) is 7.11. The minimum Gasteiger partial charge on any atom is -0.381 e. The average Bonchev–Trinajstić information content (AvgIpc) is 3.04. The largest absolute Gasteiger partial charge is 0.381 e. The molecular formula is C17H25N3O2. The van der Waals surface area contributed by atoms with Crippen molar-refractivity contribution in [2.45, 2.75) is 31.3 Å². The van der Waals surface area contributed by atoms with Crippen molar-refractivity contribution < 1.29 is 9.53 Å². The number of carbonyl (C=O) groups is 1. The summed E-state index contributed by atoms with van der Waals surface area (Å²) in [6.45, 7) is 3.27. The Bertz CT molecular complexity index is 488. The number of carbonyl (C=O) groups excluding carboxylic acids is 1. The van der Waals surface area contributed by atoms with E-state index in [1.165, 1.54) is 5.69 Å². The van der Waals surface area contributed by atoms with Gasteiger partial charge in [0.25, 0.3) is 0 Å². The van der Waals surface area contributed by atoms with Gasteiger partial charge in [-0.2, -0.15) is 0 Å². The van der Waals surface area contributed by atoms with Gasteiger partial charge in [-0.3, -0.25) is 4.79 Å². The highest BCUT2D eigenvalue weighted by molar-refractivity contribution is 5.82. The molecule has 2 saturated heterocycles. The van der Waals surface area contributed by atoms with E-state index in [-0.39, 0.29) is 17.9 Å². The number of anilines is 1. The molecule has 0 aliphatic carbocycles. The van der Waals surface area contributed by atoms with Crippen LogP contribution in [0.15, 0.2) is 30.3 Å². The highest BCUT2D eigenvalue weighted by Gasteiger charge is 2.30. The lowest BCUT2D eigenvalue weighted by atomic mass is 9.91. The number of hydrogen-bond donors (Lipinski definition) is 2. The first-order valence-electron chi connectivity index (χ1n) is 8.18. The number of rotatable bonds is 4. The first kappa shape index (κ1) is 15.3. The first-order valence-corrected chi connectivity index (χ1v) is 8.18. The van der Waals surface area contributed by atoms with Crippen LogP contribution >= 0.6 is 0 Å². The van der Waals surface area contributed by atoms with Gasteiger partial charge in [-0.15, -0.1) is 0 Å². The Morgan fingerprint density at radius 3 is 2.68 bits per heavy atom. The Morgan fingerprint density at radius 2 is 1.95 bits per heavy atom. The van der Waals surface area contributed by atoms with E-state index in [1.54, 1.807) is 0 Å². The third kappa shape index (κ3) is 3.59. The molecule has 2 unspecified atom stereocenters. The standard InChI is InChI=1S/C17H25N3O2/c18-16(13-7-10-22-11-8-13)17(21)19-14-6-9-20(12-14)15-4-2-1-3-5-15/h1-5,13-14,16H,6-12,18H2,(H,19,21). The van der Waals surface area contributed by atoms with Gasteiger partial charge in [0.2, 0.25) is 5.91 Å². The zero-order chi connectivity index (χ0) is 15.4. The van der Waals surface area contributed by atoms with E-state index in [9.17, 15) is 4.79 Å². The number of nitrogens with zero attached hydrogens (tertiary/aromatic N) is 1. The minimum absolute atomic E-state index is 0.00758. The Kier molecular flexibility index (Phi) is 4.95. The molecule has 2 atom stereocenters. The van der Waals surface area contributed by atoms with Gasteiger partial charge in [0.1, 0.15) is 0 Å². The maximum atomic E-state index is 12.3. The number of para-hydroxylation sites is 1. The van der Waals surface area contributed by atoms with Crippen LogP contribution in [0.2, 0.25) is 0 Å². The zero-order valence-corrected chi connectivity index (χ0v) is 12.9. The van der Waals surface area contributed by atoms with Crippen molar-refractivity contribution in [3.63, 3.8) is 0 Å².